The zero-order valence-corrected chi connectivity index (χ0v) is 12.4. The summed E-state index contributed by atoms with van der Waals surface area (Å²) in [5.74, 6) is -0.876. The molecule has 1 unspecified atom stereocenters. The van der Waals surface area contributed by atoms with Gasteiger partial charge in [-0.2, -0.15) is 0 Å². The fraction of sp³-hybridized carbons (Fsp3) is 0.467. The molecule has 1 heterocycles. The van der Waals surface area contributed by atoms with Crippen molar-refractivity contribution in [3.8, 4) is 0 Å². The number of amides is 1. The number of nitrogens with zero attached hydrogens (tertiary/aromatic N) is 1. The van der Waals surface area contributed by atoms with Crippen molar-refractivity contribution < 1.29 is 19.4 Å². The Balaban J connectivity index is 1.82. The Labute approximate surface area is 128 Å². The van der Waals surface area contributed by atoms with Crippen molar-refractivity contribution in [2.45, 2.75) is 25.4 Å². The lowest BCUT2D eigenvalue weighted by atomic mass is 10.1. The molecule has 114 valence electrons. The number of halogens is 1. The zero-order chi connectivity index (χ0) is 15.2. The number of carbonyl (C=O) groups excluding carboxylic acids is 1. The first kappa shape index (κ1) is 15.8. The Morgan fingerprint density at radius 2 is 2.05 bits per heavy atom. The second kappa shape index (κ2) is 7.43. The van der Waals surface area contributed by atoms with Crippen molar-refractivity contribution in [3.63, 3.8) is 0 Å². The van der Waals surface area contributed by atoms with Crippen LogP contribution < -0.4 is 0 Å². The number of carbonyl (C=O) groups is 2. The van der Waals surface area contributed by atoms with Gasteiger partial charge in [0, 0.05) is 24.5 Å². The fourth-order valence-corrected chi connectivity index (χ4v) is 2.45. The molecule has 1 fully saturated rings. The van der Waals surface area contributed by atoms with E-state index in [4.69, 9.17) is 21.4 Å². The van der Waals surface area contributed by atoms with Gasteiger partial charge in [-0.25, -0.2) is 0 Å². The summed E-state index contributed by atoms with van der Waals surface area (Å²) in [6.45, 7) is 1.27. The van der Waals surface area contributed by atoms with E-state index in [0.29, 0.717) is 37.6 Å². The molecule has 1 aromatic carbocycles. The molecule has 0 saturated carbocycles. The van der Waals surface area contributed by atoms with Crippen molar-refractivity contribution in [1.29, 1.82) is 0 Å². The van der Waals surface area contributed by atoms with Crippen LogP contribution in [0.4, 0.5) is 0 Å². The maximum absolute atomic E-state index is 12.2. The third kappa shape index (κ3) is 5.02. The molecule has 1 saturated heterocycles. The van der Waals surface area contributed by atoms with Gasteiger partial charge in [-0.3, -0.25) is 9.59 Å². The molecule has 0 aliphatic carbocycles. The van der Waals surface area contributed by atoms with E-state index >= 15 is 0 Å². The van der Waals surface area contributed by atoms with Crippen molar-refractivity contribution in [1.82, 2.24) is 4.90 Å². The summed E-state index contributed by atoms with van der Waals surface area (Å²) in [6.07, 6.45) is 0.579. The van der Waals surface area contributed by atoms with Crippen LogP contribution in [0, 0.1) is 0 Å². The molecule has 1 N–H and O–H groups in total. The van der Waals surface area contributed by atoms with E-state index in [9.17, 15) is 9.59 Å². The number of carboxylic acid groups (broad SMARTS) is 1. The van der Waals surface area contributed by atoms with Crippen LogP contribution >= 0.6 is 11.6 Å². The number of ether oxygens (including phenoxy) is 1. The molecule has 1 aromatic rings. The first-order valence-corrected chi connectivity index (χ1v) is 7.28. The topological polar surface area (TPSA) is 66.8 Å². The first-order valence-electron chi connectivity index (χ1n) is 6.90. The van der Waals surface area contributed by atoms with Gasteiger partial charge in [0.2, 0.25) is 5.91 Å². The predicted octanol–water partition coefficient (Wildman–Crippen LogP) is 1.97. The van der Waals surface area contributed by atoms with Crippen molar-refractivity contribution in [2.75, 3.05) is 19.7 Å². The second-order valence-electron chi connectivity index (χ2n) is 5.06. The molecule has 0 radical (unpaired) electrons. The molecule has 0 aromatic heterocycles. The number of rotatable bonds is 5. The molecule has 1 aliphatic rings. The summed E-state index contributed by atoms with van der Waals surface area (Å²) < 4.78 is 5.36. The number of hydrogen-bond acceptors (Lipinski definition) is 3. The van der Waals surface area contributed by atoms with Gasteiger partial charge in [0.1, 0.15) is 0 Å². The monoisotopic (exact) mass is 311 g/mol. The van der Waals surface area contributed by atoms with E-state index in [2.05, 4.69) is 0 Å². The highest BCUT2D eigenvalue weighted by atomic mass is 35.5. The lowest BCUT2D eigenvalue weighted by molar-refractivity contribution is -0.147. The van der Waals surface area contributed by atoms with Crippen LogP contribution in [-0.2, 0) is 20.7 Å². The number of hydrogen-bond donors (Lipinski definition) is 1. The highest BCUT2D eigenvalue weighted by molar-refractivity contribution is 6.30. The fourth-order valence-electron chi connectivity index (χ4n) is 2.32. The van der Waals surface area contributed by atoms with Gasteiger partial charge < -0.3 is 14.7 Å². The number of morpholine rings is 1. The SMILES string of the molecule is O=C(O)CC1CN(C(=O)CCc2ccc(Cl)cc2)CCO1. The molecule has 1 atom stereocenters. The third-order valence-corrected chi connectivity index (χ3v) is 3.69. The number of aliphatic carboxylic acids is 1. The summed E-state index contributed by atoms with van der Waals surface area (Å²) in [7, 11) is 0. The molecule has 6 heteroatoms. The van der Waals surface area contributed by atoms with Gasteiger partial charge in [0.05, 0.1) is 19.1 Å². The molecular formula is C15H18ClNO4. The lowest BCUT2D eigenvalue weighted by Crippen LogP contribution is -2.46. The minimum absolute atomic E-state index is 0.0311. The van der Waals surface area contributed by atoms with Gasteiger partial charge >= 0.3 is 5.97 Å². The maximum Gasteiger partial charge on any atom is 0.306 e. The quantitative estimate of drug-likeness (QED) is 0.903. The molecule has 5 nitrogen and oxygen atoms in total. The van der Waals surface area contributed by atoms with Gasteiger partial charge in [0.15, 0.2) is 0 Å². The largest absolute Gasteiger partial charge is 0.481 e. The van der Waals surface area contributed by atoms with E-state index < -0.39 is 12.1 Å². The van der Waals surface area contributed by atoms with E-state index in [1.807, 2.05) is 12.1 Å². The molecule has 21 heavy (non-hydrogen) atoms. The van der Waals surface area contributed by atoms with Gasteiger partial charge in [-0.1, -0.05) is 23.7 Å². The predicted molar refractivity (Wildman–Crippen MR) is 78.3 cm³/mol. The Kier molecular flexibility index (Phi) is 5.59. The highest BCUT2D eigenvalue weighted by Crippen LogP contribution is 2.13. The van der Waals surface area contributed by atoms with Crippen LogP contribution in [0.3, 0.4) is 0 Å². The van der Waals surface area contributed by atoms with Gasteiger partial charge in [0.25, 0.3) is 0 Å². The average Bonchev–Trinajstić information content (AvgIpc) is 2.46. The third-order valence-electron chi connectivity index (χ3n) is 3.43. The standard InChI is InChI=1S/C15H18ClNO4/c16-12-4-1-11(2-5-12)3-6-14(18)17-7-8-21-13(10-17)9-15(19)20/h1-2,4-5,13H,3,6-10H2,(H,19,20). The average molecular weight is 312 g/mol. The molecule has 1 amide bonds. The van der Waals surface area contributed by atoms with Crippen molar-refractivity contribution in [2.24, 2.45) is 0 Å². The minimum atomic E-state index is -0.907. The van der Waals surface area contributed by atoms with E-state index in [1.54, 1.807) is 17.0 Å². The van der Waals surface area contributed by atoms with Gasteiger partial charge in [-0.05, 0) is 24.1 Å². The normalized spacial score (nSPS) is 18.5. The summed E-state index contributed by atoms with van der Waals surface area (Å²) in [6, 6.07) is 7.42. The summed E-state index contributed by atoms with van der Waals surface area (Å²) in [5.41, 5.74) is 1.06. The van der Waals surface area contributed by atoms with Crippen LogP contribution in [0.1, 0.15) is 18.4 Å². The summed E-state index contributed by atoms with van der Waals surface area (Å²) >= 11 is 5.82. The Morgan fingerprint density at radius 3 is 2.71 bits per heavy atom. The van der Waals surface area contributed by atoms with Crippen molar-refractivity contribution in [3.05, 3.63) is 34.9 Å². The molecule has 2 rings (SSSR count). The Morgan fingerprint density at radius 1 is 1.33 bits per heavy atom. The first-order chi connectivity index (χ1) is 10.0. The number of benzene rings is 1. The Hall–Kier alpha value is -1.59. The van der Waals surface area contributed by atoms with Crippen LogP contribution in [0.25, 0.3) is 0 Å². The van der Waals surface area contributed by atoms with E-state index in [0.717, 1.165) is 5.56 Å². The molecular weight excluding hydrogens is 294 g/mol. The smallest absolute Gasteiger partial charge is 0.306 e. The van der Waals surface area contributed by atoms with E-state index in [-0.39, 0.29) is 12.3 Å². The maximum atomic E-state index is 12.2. The molecule has 1 aliphatic heterocycles. The summed E-state index contributed by atoms with van der Waals surface area (Å²) in [4.78, 5) is 24.5. The van der Waals surface area contributed by atoms with Crippen LogP contribution in [0.15, 0.2) is 24.3 Å². The molecule has 0 bridgehead atoms. The van der Waals surface area contributed by atoms with Crippen LogP contribution in [0.2, 0.25) is 5.02 Å². The number of aryl methyl sites for hydroxylation is 1. The van der Waals surface area contributed by atoms with Gasteiger partial charge in [-0.15, -0.1) is 0 Å². The number of carboxylic acids is 1. The second-order valence-corrected chi connectivity index (χ2v) is 5.49. The van der Waals surface area contributed by atoms with Crippen LogP contribution in [0.5, 0.6) is 0 Å². The van der Waals surface area contributed by atoms with Crippen molar-refractivity contribution >= 4 is 23.5 Å². The minimum Gasteiger partial charge on any atom is -0.481 e. The lowest BCUT2D eigenvalue weighted by Gasteiger charge is -2.32. The molecule has 0 spiro atoms. The van der Waals surface area contributed by atoms with E-state index in [1.165, 1.54) is 0 Å². The Bertz CT molecular complexity index is 503. The summed E-state index contributed by atoms with van der Waals surface area (Å²) in [5, 5.41) is 9.45. The zero-order valence-electron chi connectivity index (χ0n) is 11.6. The highest BCUT2D eigenvalue weighted by Gasteiger charge is 2.25. The van der Waals surface area contributed by atoms with Crippen LogP contribution in [-0.4, -0.2) is 47.7 Å².